The second-order valence-electron chi connectivity index (χ2n) is 6.01. The molecule has 0 aromatic carbocycles. The summed E-state index contributed by atoms with van der Waals surface area (Å²) < 4.78 is 1.98. The Morgan fingerprint density at radius 1 is 1.25 bits per heavy atom. The van der Waals surface area contributed by atoms with E-state index in [1.54, 1.807) is 6.07 Å². The van der Waals surface area contributed by atoms with E-state index >= 15 is 0 Å². The lowest BCUT2D eigenvalue weighted by atomic mass is 10.2. The summed E-state index contributed by atoms with van der Waals surface area (Å²) in [6.45, 7) is 2.70. The molecule has 1 aliphatic rings. The average molecular weight is 318 g/mol. The van der Waals surface area contributed by atoms with Crippen molar-refractivity contribution in [2.24, 2.45) is 0 Å². The van der Waals surface area contributed by atoms with Crippen LogP contribution in [0.15, 0.2) is 48.9 Å². The highest BCUT2D eigenvalue weighted by molar-refractivity contribution is 5.44. The molecule has 0 amide bonds. The first-order valence-corrected chi connectivity index (χ1v) is 8.09. The standard InChI is InChI=1S/C18H18N6/c19-9-14-4-5-18-22-11-16(24(18)12-14)10-21-15-6-8-23(13-15)17-3-1-2-7-20-17/h1-5,7,11-12,15,21H,6,8,10,13H2. The molecule has 0 saturated carbocycles. The second kappa shape index (κ2) is 6.30. The minimum absolute atomic E-state index is 0.428. The van der Waals surface area contributed by atoms with Crippen LogP contribution in [0.2, 0.25) is 0 Å². The number of rotatable bonds is 4. The fraction of sp³-hybridized carbons (Fsp3) is 0.278. The monoisotopic (exact) mass is 318 g/mol. The lowest BCUT2D eigenvalue weighted by Crippen LogP contribution is -2.32. The Labute approximate surface area is 140 Å². The predicted octanol–water partition coefficient (Wildman–Crippen LogP) is 1.97. The van der Waals surface area contributed by atoms with Crippen LogP contribution in [0.25, 0.3) is 5.65 Å². The molecule has 0 radical (unpaired) electrons. The maximum absolute atomic E-state index is 9.05. The molecule has 24 heavy (non-hydrogen) atoms. The summed E-state index contributed by atoms with van der Waals surface area (Å²) in [5.41, 5.74) is 2.58. The molecule has 0 bridgehead atoms. The molecule has 6 nitrogen and oxygen atoms in total. The molecule has 3 aromatic heterocycles. The maximum Gasteiger partial charge on any atom is 0.137 e. The van der Waals surface area contributed by atoms with Crippen molar-refractivity contribution in [3.8, 4) is 6.07 Å². The molecular weight excluding hydrogens is 300 g/mol. The van der Waals surface area contributed by atoms with Crippen LogP contribution in [0.3, 0.4) is 0 Å². The van der Waals surface area contributed by atoms with Gasteiger partial charge in [-0.05, 0) is 30.7 Å². The molecule has 1 unspecified atom stereocenters. The van der Waals surface area contributed by atoms with Crippen molar-refractivity contribution in [3.63, 3.8) is 0 Å². The van der Waals surface area contributed by atoms with Gasteiger partial charge in [0.2, 0.25) is 0 Å². The van der Waals surface area contributed by atoms with E-state index in [-0.39, 0.29) is 0 Å². The summed E-state index contributed by atoms with van der Waals surface area (Å²) in [4.78, 5) is 11.1. The van der Waals surface area contributed by atoms with Gasteiger partial charge in [0, 0.05) is 38.1 Å². The van der Waals surface area contributed by atoms with Gasteiger partial charge in [-0.15, -0.1) is 0 Å². The number of anilines is 1. The minimum Gasteiger partial charge on any atom is -0.355 e. The fourth-order valence-electron chi connectivity index (χ4n) is 3.15. The highest BCUT2D eigenvalue weighted by Crippen LogP contribution is 2.18. The van der Waals surface area contributed by atoms with Crippen LogP contribution in [-0.4, -0.2) is 33.5 Å². The van der Waals surface area contributed by atoms with Gasteiger partial charge in [0.25, 0.3) is 0 Å². The Kier molecular flexibility index (Phi) is 3.85. The lowest BCUT2D eigenvalue weighted by molar-refractivity contribution is 0.544. The van der Waals surface area contributed by atoms with Crippen LogP contribution >= 0.6 is 0 Å². The van der Waals surface area contributed by atoms with Crippen molar-refractivity contribution in [1.29, 1.82) is 5.26 Å². The SMILES string of the molecule is N#Cc1ccc2ncc(CNC3CCN(c4ccccn4)C3)n2c1. The highest BCUT2D eigenvalue weighted by Gasteiger charge is 2.23. The van der Waals surface area contributed by atoms with Gasteiger partial charge < -0.3 is 14.6 Å². The van der Waals surface area contributed by atoms with E-state index in [1.807, 2.05) is 41.2 Å². The first kappa shape index (κ1) is 14.7. The molecule has 3 aromatic rings. The van der Waals surface area contributed by atoms with Crippen LogP contribution in [0.1, 0.15) is 17.7 Å². The molecule has 1 saturated heterocycles. The van der Waals surface area contributed by atoms with Gasteiger partial charge in [0.05, 0.1) is 17.5 Å². The van der Waals surface area contributed by atoms with Crippen molar-refractivity contribution in [3.05, 3.63) is 60.2 Å². The third-order valence-electron chi connectivity index (χ3n) is 4.44. The van der Waals surface area contributed by atoms with Crippen LogP contribution in [0.4, 0.5) is 5.82 Å². The molecular formula is C18H18N6. The molecule has 0 spiro atoms. The largest absolute Gasteiger partial charge is 0.355 e. The Balaban J connectivity index is 1.42. The van der Waals surface area contributed by atoms with Crippen molar-refractivity contribution in [2.75, 3.05) is 18.0 Å². The minimum atomic E-state index is 0.428. The predicted molar refractivity (Wildman–Crippen MR) is 91.6 cm³/mol. The summed E-state index contributed by atoms with van der Waals surface area (Å²) in [6.07, 6.45) is 6.64. The number of hydrogen-bond acceptors (Lipinski definition) is 5. The summed E-state index contributed by atoms with van der Waals surface area (Å²) in [5.74, 6) is 1.04. The van der Waals surface area contributed by atoms with E-state index in [2.05, 4.69) is 32.3 Å². The molecule has 120 valence electrons. The van der Waals surface area contributed by atoms with Crippen molar-refractivity contribution in [1.82, 2.24) is 19.7 Å². The zero-order valence-corrected chi connectivity index (χ0v) is 13.3. The maximum atomic E-state index is 9.05. The number of nitriles is 1. The van der Waals surface area contributed by atoms with Gasteiger partial charge in [-0.3, -0.25) is 0 Å². The molecule has 1 N–H and O–H groups in total. The number of pyridine rings is 2. The van der Waals surface area contributed by atoms with Crippen molar-refractivity contribution < 1.29 is 0 Å². The normalized spacial score (nSPS) is 17.3. The molecule has 1 aliphatic heterocycles. The molecule has 0 aliphatic carbocycles. The van der Waals surface area contributed by atoms with Crippen LogP contribution in [-0.2, 0) is 6.54 Å². The number of aromatic nitrogens is 3. The number of hydrogen-bond donors (Lipinski definition) is 1. The van der Waals surface area contributed by atoms with Crippen LogP contribution < -0.4 is 10.2 Å². The topological polar surface area (TPSA) is 69.2 Å². The lowest BCUT2D eigenvalue weighted by Gasteiger charge is -2.17. The number of imidazole rings is 1. The van der Waals surface area contributed by atoms with Gasteiger partial charge in [-0.25, -0.2) is 9.97 Å². The quantitative estimate of drug-likeness (QED) is 0.796. The summed E-state index contributed by atoms with van der Waals surface area (Å²) in [6, 6.07) is 12.3. The van der Waals surface area contributed by atoms with E-state index in [0.29, 0.717) is 11.6 Å². The van der Waals surface area contributed by atoms with Gasteiger partial charge in [0.1, 0.15) is 17.5 Å². The summed E-state index contributed by atoms with van der Waals surface area (Å²) >= 11 is 0. The van der Waals surface area contributed by atoms with Crippen molar-refractivity contribution >= 4 is 11.5 Å². The van der Waals surface area contributed by atoms with E-state index < -0.39 is 0 Å². The van der Waals surface area contributed by atoms with E-state index in [0.717, 1.165) is 43.2 Å². The van der Waals surface area contributed by atoms with E-state index in [4.69, 9.17) is 5.26 Å². The average Bonchev–Trinajstić information content (AvgIpc) is 3.27. The van der Waals surface area contributed by atoms with Crippen LogP contribution in [0.5, 0.6) is 0 Å². The number of nitrogens with zero attached hydrogens (tertiary/aromatic N) is 5. The summed E-state index contributed by atoms with van der Waals surface area (Å²) in [7, 11) is 0. The van der Waals surface area contributed by atoms with Gasteiger partial charge >= 0.3 is 0 Å². The van der Waals surface area contributed by atoms with Gasteiger partial charge in [0.15, 0.2) is 0 Å². The molecule has 1 fully saturated rings. The fourth-order valence-corrected chi connectivity index (χ4v) is 3.15. The molecule has 6 heteroatoms. The smallest absolute Gasteiger partial charge is 0.137 e. The number of fused-ring (bicyclic) bond motifs is 1. The Morgan fingerprint density at radius 3 is 3.04 bits per heavy atom. The van der Waals surface area contributed by atoms with Gasteiger partial charge in [-0.2, -0.15) is 5.26 Å². The highest BCUT2D eigenvalue weighted by atomic mass is 15.2. The first-order chi connectivity index (χ1) is 11.8. The van der Waals surface area contributed by atoms with Crippen molar-refractivity contribution in [2.45, 2.75) is 19.0 Å². The zero-order chi connectivity index (χ0) is 16.4. The third kappa shape index (κ3) is 2.82. The Morgan fingerprint density at radius 2 is 2.21 bits per heavy atom. The number of nitrogens with one attached hydrogen (secondary N) is 1. The molecule has 4 heterocycles. The van der Waals surface area contributed by atoms with E-state index in [9.17, 15) is 0 Å². The Hall–Kier alpha value is -2.91. The zero-order valence-electron chi connectivity index (χ0n) is 13.3. The van der Waals surface area contributed by atoms with Crippen LogP contribution in [0, 0.1) is 11.3 Å². The second-order valence-corrected chi connectivity index (χ2v) is 6.01. The van der Waals surface area contributed by atoms with Gasteiger partial charge in [-0.1, -0.05) is 6.07 Å². The van der Waals surface area contributed by atoms with E-state index in [1.165, 1.54) is 0 Å². The first-order valence-electron chi connectivity index (χ1n) is 8.09. The third-order valence-corrected chi connectivity index (χ3v) is 4.44. The molecule has 4 rings (SSSR count). The summed E-state index contributed by atoms with van der Waals surface area (Å²) in [5, 5.41) is 12.7. The molecule has 1 atom stereocenters. The Bertz CT molecular complexity index is 879.